The molecule has 17 heavy (non-hydrogen) atoms. The van der Waals surface area contributed by atoms with Gasteiger partial charge in [0.1, 0.15) is 0 Å². The number of aliphatic hydroxyl groups excluding tert-OH is 1. The van der Waals surface area contributed by atoms with Gasteiger partial charge in [-0.2, -0.15) is 0 Å². The third-order valence-corrected chi connectivity index (χ3v) is 4.59. The van der Waals surface area contributed by atoms with Crippen LogP contribution in [0, 0.1) is 5.92 Å². The van der Waals surface area contributed by atoms with Gasteiger partial charge in [-0.25, -0.2) is 0 Å². The van der Waals surface area contributed by atoms with E-state index in [4.69, 9.17) is 0 Å². The number of aryl methyl sites for hydroxylation is 1. The van der Waals surface area contributed by atoms with Gasteiger partial charge in [0.25, 0.3) is 0 Å². The number of nitrogens with zero attached hydrogens (tertiary/aromatic N) is 1. The van der Waals surface area contributed by atoms with Gasteiger partial charge in [-0.05, 0) is 31.2 Å². The summed E-state index contributed by atoms with van der Waals surface area (Å²) in [5.74, 6) is 1.42. The molecule has 3 heteroatoms. The number of aliphatic hydroxyl groups is 1. The molecule has 0 unspecified atom stereocenters. The summed E-state index contributed by atoms with van der Waals surface area (Å²) in [5.41, 5.74) is 1.38. The van der Waals surface area contributed by atoms with Gasteiger partial charge in [0.05, 0.1) is 6.10 Å². The number of benzene rings is 1. The quantitative estimate of drug-likeness (QED) is 0.830. The molecule has 0 aromatic heterocycles. The molecule has 1 N–H and O–H groups in total. The smallest absolute Gasteiger partial charge is 0.0715 e. The maximum absolute atomic E-state index is 9.86. The van der Waals surface area contributed by atoms with Crippen molar-refractivity contribution in [3.63, 3.8) is 0 Å². The Balaban J connectivity index is 1.85. The van der Waals surface area contributed by atoms with Crippen molar-refractivity contribution in [2.75, 3.05) is 25.9 Å². The number of thioether (sulfide) groups is 1. The van der Waals surface area contributed by atoms with Crippen molar-refractivity contribution in [1.82, 2.24) is 4.90 Å². The first kappa shape index (κ1) is 12.9. The summed E-state index contributed by atoms with van der Waals surface area (Å²) < 4.78 is 0. The molecule has 0 amide bonds. The molecular weight excluding hydrogens is 230 g/mol. The number of rotatable bonds is 4. The van der Waals surface area contributed by atoms with E-state index < -0.39 is 0 Å². The van der Waals surface area contributed by atoms with Crippen LogP contribution in [0.15, 0.2) is 29.2 Å². The second kappa shape index (κ2) is 5.89. The maximum atomic E-state index is 9.86. The van der Waals surface area contributed by atoms with Gasteiger partial charge in [0.2, 0.25) is 0 Å². The molecule has 94 valence electrons. The highest BCUT2D eigenvalue weighted by Crippen LogP contribution is 2.26. The van der Waals surface area contributed by atoms with Gasteiger partial charge in [-0.3, -0.25) is 0 Å². The number of hydrogen-bond acceptors (Lipinski definition) is 3. The van der Waals surface area contributed by atoms with Crippen molar-refractivity contribution in [2.24, 2.45) is 5.92 Å². The van der Waals surface area contributed by atoms with Crippen molar-refractivity contribution in [2.45, 2.75) is 24.3 Å². The van der Waals surface area contributed by atoms with Crippen LogP contribution in [0.5, 0.6) is 0 Å². The fourth-order valence-electron chi connectivity index (χ4n) is 2.25. The molecule has 1 aromatic carbocycles. The average molecular weight is 251 g/mol. The predicted octanol–water partition coefficient (Wildman–Crippen LogP) is 2.26. The Morgan fingerprint density at radius 1 is 1.29 bits per heavy atom. The highest BCUT2D eigenvalue weighted by molar-refractivity contribution is 7.99. The zero-order valence-corrected chi connectivity index (χ0v) is 11.4. The van der Waals surface area contributed by atoms with Gasteiger partial charge in [0, 0.05) is 29.7 Å². The van der Waals surface area contributed by atoms with E-state index >= 15 is 0 Å². The monoisotopic (exact) mass is 251 g/mol. The lowest BCUT2D eigenvalue weighted by Crippen LogP contribution is -2.19. The number of β-amino-alcohol motifs (C(OH)–C–C–N with tert-alkyl or cyclic N) is 1. The highest BCUT2D eigenvalue weighted by atomic mass is 32.2. The van der Waals surface area contributed by atoms with Gasteiger partial charge in [-0.1, -0.05) is 19.1 Å². The van der Waals surface area contributed by atoms with Crippen LogP contribution in [0.1, 0.15) is 12.5 Å². The molecular formula is C14H21NOS. The topological polar surface area (TPSA) is 23.5 Å². The average Bonchev–Trinajstić information content (AvgIpc) is 2.66. The molecule has 1 aromatic rings. The molecule has 1 saturated heterocycles. The van der Waals surface area contributed by atoms with Crippen LogP contribution < -0.4 is 0 Å². The molecule has 0 radical (unpaired) electrons. The zero-order valence-electron chi connectivity index (χ0n) is 10.6. The third kappa shape index (κ3) is 3.47. The Labute approximate surface area is 108 Å². The van der Waals surface area contributed by atoms with E-state index in [1.54, 1.807) is 0 Å². The molecule has 0 saturated carbocycles. The van der Waals surface area contributed by atoms with Crippen LogP contribution in [0.4, 0.5) is 0 Å². The van der Waals surface area contributed by atoms with Gasteiger partial charge < -0.3 is 10.0 Å². The maximum Gasteiger partial charge on any atom is 0.0715 e. The molecule has 1 heterocycles. The molecule has 0 aliphatic carbocycles. The third-order valence-electron chi connectivity index (χ3n) is 3.38. The molecule has 1 fully saturated rings. The first-order chi connectivity index (χ1) is 8.19. The summed E-state index contributed by atoms with van der Waals surface area (Å²) in [6, 6.07) is 8.77. The van der Waals surface area contributed by atoms with Crippen LogP contribution >= 0.6 is 11.8 Å². The van der Waals surface area contributed by atoms with Crippen molar-refractivity contribution in [1.29, 1.82) is 0 Å². The van der Waals surface area contributed by atoms with E-state index in [-0.39, 0.29) is 6.10 Å². The van der Waals surface area contributed by atoms with E-state index in [0.29, 0.717) is 5.92 Å². The zero-order chi connectivity index (χ0) is 12.3. The molecule has 2 atom stereocenters. The molecule has 1 aliphatic heterocycles. The summed E-state index contributed by atoms with van der Waals surface area (Å²) in [6.07, 6.45) is 0.944. The normalized spacial score (nSPS) is 25.4. The van der Waals surface area contributed by atoms with Crippen LogP contribution in [0.2, 0.25) is 0 Å². The Bertz CT molecular complexity index is 352. The summed E-state index contributed by atoms with van der Waals surface area (Å²) in [6.45, 7) is 4.01. The first-order valence-corrected chi connectivity index (χ1v) is 7.26. The first-order valence-electron chi connectivity index (χ1n) is 6.27. The van der Waals surface area contributed by atoms with Crippen molar-refractivity contribution in [3.8, 4) is 0 Å². The van der Waals surface area contributed by atoms with Crippen LogP contribution in [-0.2, 0) is 6.42 Å². The lowest BCUT2D eigenvalue weighted by Gasteiger charge is -2.12. The molecule has 2 nitrogen and oxygen atoms in total. The summed E-state index contributed by atoms with van der Waals surface area (Å²) in [5, 5.41) is 9.86. The minimum atomic E-state index is -0.151. The van der Waals surface area contributed by atoms with Crippen LogP contribution in [0.25, 0.3) is 0 Å². The van der Waals surface area contributed by atoms with Crippen molar-refractivity contribution in [3.05, 3.63) is 29.8 Å². The summed E-state index contributed by atoms with van der Waals surface area (Å²) in [7, 11) is 2.07. The Morgan fingerprint density at radius 2 is 2.00 bits per heavy atom. The molecule has 0 bridgehead atoms. The van der Waals surface area contributed by atoms with E-state index in [2.05, 4.69) is 43.1 Å². The number of hydrogen-bond donors (Lipinski definition) is 1. The Kier molecular flexibility index (Phi) is 4.48. The number of likely N-dealkylation sites (N-methyl/N-ethyl adjacent to an activating group) is 1. The largest absolute Gasteiger partial charge is 0.391 e. The fraction of sp³-hybridized carbons (Fsp3) is 0.571. The fourth-order valence-corrected chi connectivity index (χ4v) is 3.32. The van der Waals surface area contributed by atoms with E-state index in [1.807, 2.05) is 11.8 Å². The Hall–Kier alpha value is -0.510. The Morgan fingerprint density at radius 3 is 2.53 bits per heavy atom. The van der Waals surface area contributed by atoms with Crippen LogP contribution in [-0.4, -0.2) is 42.0 Å². The van der Waals surface area contributed by atoms with Gasteiger partial charge in [0.15, 0.2) is 0 Å². The molecule has 2 rings (SSSR count). The number of likely N-dealkylation sites (tertiary alicyclic amines) is 1. The van der Waals surface area contributed by atoms with E-state index in [9.17, 15) is 5.11 Å². The van der Waals surface area contributed by atoms with Gasteiger partial charge >= 0.3 is 0 Å². The predicted molar refractivity (Wildman–Crippen MR) is 73.5 cm³/mol. The van der Waals surface area contributed by atoms with Crippen molar-refractivity contribution >= 4 is 11.8 Å². The minimum absolute atomic E-state index is 0.151. The van der Waals surface area contributed by atoms with E-state index in [0.717, 1.165) is 25.3 Å². The lowest BCUT2D eigenvalue weighted by molar-refractivity contribution is 0.152. The van der Waals surface area contributed by atoms with Gasteiger partial charge in [-0.15, -0.1) is 11.8 Å². The molecule has 1 aliphatic rings. The lowest BCUT2D eigenvalue weighted by atomic mass is 10.1. The summed E-state index contributed by atoms with van der Waals surface area (Å²) in [4.78, 5) is 3.51. The standard InChI is InChI=1S/C14H21NOS/c1-3-11-4-6-13(7-5-11)17-10-12-8-15(2)9-14(12)16/h4-7,12,14,16H,3,8-10H2,1-2H3/t12-,14+/m1/s1. The SMILES string of the molecule is CCc1ccc(SC[C@H]2CN(C)C[C@@H]2O)cc1. The van der Waals surface area contributed by atoms with Crippen LogP contribution in [0.3, 0.4) is 0 Å². The summed E-state index contributed by atoms with van der Waals surface area (Å²) >= 11 is 1.86. The van der Waals surface area contributed by atoms with E-state index in [1.165, 1.54) is 10.5 Å². The van der Waals surface area contributed by atoms with Crippen molar-refractivity contribution < 1.29 is 5.11 Å². The highest BCUT2D eigenvalue weighted by Gasteiger charge is 2.28. The minimum Gasteiger partial charge on any atom is -0.391 e. The second-order valence-corrected chi connectivity index (χ2v) is 5.95. The molecule has 0 spiro atoms. The second-order valence-electron chi connectivity index (χ2n) is 4.86.